The maximum absolute atomic E-state index is 4.46. The van der Waals surface area contributed by atoms with Crippen molar-refractivity contribution in [1.82, 2.24) is 15.0 Å². The lowest BCUT2D eigenvalue weighted by atomic mass is 10.2. The molecule has 0 saturated heterocycles. The van der Waals surface area contributed by atoms with Gasteiger partial charge in [-0.25, -0.2) is 4.98 Å². The second-order valence-electron chi connectivity index (χ2n) is 4.44. The van der Waals surface area contributed by atoms with Crippen LogP contribution in [-0.2, 0) is 0 Å². The van der Waals surface area contributed by atoms with Crippen LogP contribution in [-0.4, -0.2) is 22.0 Å². The Morgan fingerprint density at radius 3 is 2.52 bits per heavy atom. The Morgan fingerprint density at radius 2 is 1.81 bits per heavy atom. The molecule has 3 aromatic rings. The van der Waals surface area contributed by atoms with Gasteiger partial charge in [-0.2, -0.15) is 4.98 Å². The van der Waals surface area contributed by atoms with Crippen molar-refractivity contribution in [3.63, 3.8) is 0 Å². The SMILES string of the molecule is CNc1nc(Nc2ccccc2)cc(-c2cccnc2)n1. The molecule has 0 saturated carbocycles. The van der Waals surface area contributed by atoms with Gasteiger partial charge >= 0.3 is 0 Å². The number of nitrogens with zero attached hydrogens (tertiary/aromatic N) is 3. The summed E-state index contributed by atoms with van der Waals surface area (Å²) in [4.78, 5) is 13.0. The number of aromatic nitrogens is 3. The van der Waals surface area contributed by atoms with Gasteiger partial charge < -0.3 is 10.6 Å². The molecule has 5 heteroatoms. The number of para-hydroxylation sites is 1. The lowest BCUT2D eigenvalue weighted by Gasteiger charge is -2.09. The minimum absolute atomic E-state index is 0.565. The van der Waals surface area contributed by atoms with Crippen LogP contribution in [0.3, 0.4) is 0 Å². The van der Waals surface area contributed by atoms with Gasteiger partial charge in [-0.15, -0.1) is 0 Å². The van der Waals surface area contributed by atoms with E-state index >= 15 is 0 Å². The number of pyridine rings is 1. The van der Waals surface area contributed by atoms with E-state index in [0.717, 1.165) is 22.8 Å². The van der Waals surface area contributed by atoms with E-state index in [4.69, 9.17) is 0 Å². The molecule has 3 rings (SSSR count). The summed E-state index contributed by atoms with van der Waals surface area (Å²) in [5.74, 6) is 1.30. The van der Waals surface area contributed by atoms with Crippen molar-refractivity contribution < 1.29 is 0 Å². The summed E-state index contributed by atoms with van der Waals surface area (Å²) in [5.41, 5.74) is 2.75. The molecule has 104 valence electrons. The van der Waals surface area contributed by atoms with Gasteiger partial charge in [0, 0.05) is 36.8 Å². The average molecular weight is 277 g/mol. The van der Waals surface area contributed by atoms with Crippen molar-refractivity contribution in [2.75, 3.05) is 17.7 Å². The summed E-state index contributed by atoms with van der Waals surface area (Å²) in [6.07, 6.45) is 3.53. The van der Waals surface area contributed by atoms with E-state index in [1.165, 1.54) is 0 Å². The molecule has 5 nitrogen and oxygen atoms in total. The summed E-state index contributed by atoms with van der Waals surface area (Å²) in [7, 11) is 1.80. The Hall–Kier alpha value is -2.95. The topological polar surface area (TPSA) is 62.7 Å². The fourth-order valence-electron chi connectivity index (χ4n) is 1.95. The molecule has 2 N–H and O–H groups in total. The monoisotopic (exact) mass is 277 g/mol. The molecule has 2 heterocycles. The minimum atomic E-state index is 0.565. The predicted molar refractivity (Wildman–Crippen MR) is 84.5 cm³/mol. The highest BCUT2D eigenvalue weighted by molar-refractivity contribution is 5.66. The zero-order valence-electron chi connectivity index (χ0n) is 11.6. The van der Waals surface area contributed by atoms with E-state index < -0.39 is 0 Å². The molecule has 0 atom stereocenters. The normalized spacial score (nSPS) is 10.1. The highest BCUT2D eigenvalue weighted by Gasteiger charge is 2.06. The van der Waals surface area contributed by atoms with Gasteiger partial charge in [-0.1, -0.05) is 18.2 Å². The van der Waals surface area contributed by atoms with Gasteiger partial charge in [0.05, 0.1) is 5.69 Å². The van der Waals surface area contributed by atoms with Crippen LogP contribution >= 0.6 is 0 Å². The van der Waals surface area contributed by atoms with Crippen LogP contribution in [0.15, 0.2) is 60.9 Å². The highest BCUT2D eigenvalue weighted by atomic mass is 15.1. The van der Waals surface area contributed by atoms with Gasteiger partial charge in [0.25, 0.3) is 0 Å². The number of benzene rings is 1. The lowest BCUT2D eigenvalue weighted by Crippen LogP contribution is -2.02. The van der Waals surface area contributed by atoms with Gasteiger partial charge in [0.1, 0.15) is 5.82 Å². The van der Waals surface area contributed by atoms with Crippen molar-refractivity contribution in [3.8, 4) is 11.3 Å². The van der Waals surface area contributed by atoms with Crippen LogP contribution in [0.5, 0.6) is 0 Å². The summed E-state index contributed by atoms with van der Waals surface area (Å²) in [6.45, 7) is 0. The molecule has 0 spiro atoms. The molecular weight excluding hydrogens is 262 g/mol. The Morgan fingerprint density at radius 1 is 0.952 bits per heavy atom. The van der Waals surface area contributed by atoms with Crippen molar-refractivity contribution >= 4 is 17.5 Å². The Balaban J connectivity index is 1.98. The van der Waals surface area contributed by atoms with Crippen LogP contribution in [0.1, 0.15) is 0 Å². The quantitative estimate of drug-likeness (QED) is 0.766. The number of hydrogen-bond donors (Lipinski definition) is 2. The molecular formula is C16H15N5. The van der Waals surface area contributed by atoms with Crippen molar-refractivity contribution in [3.05, 3.63) is 60.9 Å². The number of hydrogen-bond acceptors (Lipinski definition) is 5. The Kier molecular flexibility index (Phi) is 3.73. The minimum Gasteiger partial charge on any atom is -0.357 e. The standard InChI is InChI=1S/C16H15N5/c1-17-16-20-14(12-6-5-9-18-11-12)10-15(21-16)19-13-7-3-2-4-8-13/h2-11H,1H3,(H2,17,19,20,21). The first-order chi connectivity index (χ1) is 10.3. The second kappa shape index (κ2) is 6.00. The van der Waals surface area contributed by atoms with Crippen LogP contribution in [0.25, 0.3) is 11.3 Å². The first-order valence-electron chi connectivity index (χ1n) is 6.64. The van der Waals surface area contributed by atoms with E-state index in [2.05, 4.69) is 25.6 Å². The van der Waals surface area contributed by atoms with E-state index in [0.29, 0.717) is 5.95 Å². The molecule has 0 aliphatic heterocycles. The maximum Gasteiger partial charge on any atom is 0.224 e. The second-order valence-corrected chi connectivity index (χ2v) is 4.44. The number of nitrogens with one attached hydrogen (secondary N) is 2. The maximum atomic E-state index is 4.46. The zero-order chi connectivity index (χ0) is 14.5. The van der Waals surface area contributed by atoms with Crippen molar-refractivity contribution in [2.45, 2.75) is 0 Å². The Bertz CT molecular complexity index is 713. The highest BCUT2D eigenvalue weighted by Crippen LogP contribution is 2.22. The molecule has 21 heavy (non-hydrogen) atoms. The molecule has 0 unspecified atom stereocenters. The van der Waals surface area contributed by atoms with Crippen LogP contribution in [0, 0.1) is 0 Å². The Labute approximate surface area is 123 Å². The number of anilines is 3. The lowest BCUT2D eigenvalue weighted by molar-refractivity contribution is 1.15. The van der Waals surface area contributed by atoms with Gasteiger partial charge in [0.15, 0.2) is 0 Å². The van der Waals surface area contributed by atoms with Crippen LogP contribution in [0.4, 0.5) is 17.5 Å². The smallest absolute Gasteiger partial charge is 0.224 e. The van der Waals surface area contributed by atoms with E-state index in [1.807, 2.05) is 48.5 Å². The van der Waals surface area contributed by atoms with Gasteiger partial charge in [-0.05, 0) is 24.3 Å². The molecule has 0 aliphatic rings. The third kappa shape index (κ3) is 3.14. The largest absolute Gasteiger partial charge is 0.357 e. The molecule has 0 fully saturated rings. The predicted octanol–water partition coefficient (Wildman–Crippen LogP) is 3.32. The van der Waals surface area contributed by atoms with Crippen molar-refractivity contribution in [2.24, 2.45) is 0 Å². The molecule has 0 aliphatic carbocycles. The first-order valence-corrected chi connectivity index (χ1v) is 6.64. The average Bonchev–Trinajstić information content (AvgIpc) is 2.56. The van der Waals surface area contributed by atoms with E-state index in [9.17, 15) is 0 Å². The summed E-state index contributed by atoms with van der Waals surface area (Å²) in [6, 6.07) is 15.7. The van der Waals surface area contributed by atoms with Crippen LogP contribution < -0.4 is 10.6 Å². The first kappa shape index (κ1) is 13.1. The van der Waals surface area contributed by atoms with Crippen LogP contribution in [0.2, 0.25) is 0 Å². The fourth-order valence-corrected chi connectivity index (χ4v) is 1.95. The third-order valence-corrected chi connectivity index (χ3v) is 2.95. The molecule has 2 aromatic heterocycles. The molecule has 0 radical (unpaired) electrons. The summed E-state index contributed by atoms with van der Waals surface area (Å²) in [5, 5.41) is 6.26. The van der Waals surface area contributed by atoms with E-state index in [1.54, 1.807) is 19.4 Å². The zero-order valence-corrected chi connectivity index (χ0v) is 11.6. The molecule has 1 aromatic carbocycles. The molecule has 0 amide bonds. The molecule has 0 bridgehead atoms. The van der Waals surface area contributed by atoms with Crippen molar-refractivity contribution in [1.29, 1.82) is 0 Å². The summed E-state index contributed by atoms with van der Waals surface area (Å²) >= 11 is 0. The third-order valence-electron chi connectivity index (χ3n) is 2.95. The summed E-state index contributed by atoms with van der Waals surface area (Å²) < 4.78 is 0. The van der Waals surface area contributed by atoms with Gasteiger partial charge in [-0.3, -0.25) is 4.98 Å². The number of rotatable bonds is 4. The van der Waals surface area contributed by atoms with Gasteiger partial charge in [0.2, 0.25) is 5.95 Å². The fraction of sp³-hybridized carbons (Fsp3) is 0.0625. The van der Waals surface area contributed by atoms with E-state index in [-0.39, 0.29) is 0 Å².